The Bertz CT molecular complexity index is 1110. The molecule has 158 valence electrons. The molecule has 0 spiro atoms. The van der Waals surface area contributed by atoms with Crippen LogP contribution in [0.5, 0.6) is 0 Å². The number of nitrogens with zero attached hydrogens (tertiary/aromatic N) is 4. The van der Waals surface area contributed by atoms with Crippen molar-refractivity contribution in [1.82, 2.24) is 19.3 Å². The summed E-state index contributed by atoms with van der Waals surface area (Å²) in [5, 5.41) is 11.5. The Kier molecular flexibility index (Phi) is 6.52. The van der Waals surface area contributed by atoms with E-state index in [-0.39, 0.29) is 24.0 Å². The molecular formula is C18H15ClF3N5O2S. The van der Waals surface area contributed by atoms with Crippen LogP contribution in [0.1, 0.15) is 11.4 Å². The predicted octanol–water partition coefficient (Wildman–Crippen LogP) is 3.43. The molecule has 3 rings (SSSR count). The SMILES string of the molecule is Cn1c(Cn2cc(C(F)(F)F)ccc2=O)nnc1SCC(=O)Nc1ccc(Cl)cc1. The highest BCUT2D eigenvalue weighted by molar-refractivity contribution is 7.99. The third-order valence-electron chi connectivity index (χ3n) is 4.01. The molecule has 3 aromatic rings. The summed E-state index contributed by atoms with van der Waals surface area (Å²) in [6.45, 7) is -0.191. The Balaban J connectivity index is 1.65. The van der Waals surface area contributed by atoms with Crippen molar-refractivity contribution < 1.29 is 18.0 Å². The van der Waals surface area contributed by atoms with Crippen LogP contribution in [0.3, 0.4) is 0 Å². The summed E-state index contributed by atoms with van der Waals surface area (Å²) in [4.78, 5) is 24.0. The summed E-state index contributed by atoms with van der Waals surface area (Å²) in [7, 11) is 1.60. The number of benzene rings is 1. The third kappa shape index (κ3) is 5.42. The van der Waals surface area contributed by atoms with E-state index in [1.807, 2.05) is 0 Å². The van der Waals surface area contributed by atoms with Gasteiger partial charge in [-0.3, -0.25) is 9.59 Å². The van der Waals surface area contributed by atoms with E-state index in [0.717, 1.165) is 34.7 Å². The van der Waals surface area contributed by atoms with Gasteiger partial charge in [-0.1, -0.05) is 23.4 Å². The number of amides is 1. The maximum Gasteiger partial charge on any atom is 0.417 e. The third-order valence-corrected chi connectivity index (χ3v) is 5.28. The molecule has 0 aliphatic rings. The lowest BCUT2D eigenvalue weighted by Crippen LogP contribution is -2.23. The lowest BCUT2D eigenvalue weighted by molar-refractivity contribution is -0.138. The summed E-state index contributed by atoms with van der Waals surface area (Å²) < 4.78 is 41.1. The van der Waals surface area contributed by atoms with Crippen molar-refractivity contribution in [3.8, 4) is 0 Å². The van der Waals surface area contributed by atoms with E-state index in [2.05, 4.69) is 15.5 Å². The van der Waals surface area contributed by atoms with Gasteiger partial charge in [0.1, 0.15) is 0 Å². The molecule has 0 saturated carbocycles. The molecule has 30 heavy (non-hydrogen) atoms. The highest BCUT2D eigenvalue weighted by atomic mass is 35.5. The quantitative estimate of drug-likeness (QED) is 0.573. The van der Waals surface area contributed by atoms with Gasteiger partial charge in [-0.2, -0.15) is 13.2 Å². The average Bonchev–Trinajstić information content (AvgIpc) is 3.02. The lowest BCUT2D eigenvalue weighted by Gasteiger charge is -2.10. The fraction of sp³-hybridized carbons (Fsp3) is 0.222. The standard InChI is InChI=1S/C18H15ClF3N5O2S/c1-26-14(9-27-8-11(18(20,21)22)2-7-16(27)29)24-25-17(26)30-10-15(28)23-13-5-3-12(19)4-6-13/h2-8H,9-10H2,1H3,(H,23,28). The average molecular weight is 458 g/mol. The van der Waals surface area contributed by atoms with Gasteiger partial charge in [-0.25, -0.2) is 0 Å². The number of pyridine rings is 1. The van der Waals surface area contributed by atoms with Gasteiger partial charge in [0.25, 0.3) is 5.56 Å². The fourth-order valence-corrected chi connectivity index (χ4v) is 3.30. The van der Waals surface area contributed by atoms with Crippen LogP contribution in [-0.4, -0.2) is 31.0 Å². The number of carbonyl (C=O) groups excluding carboxylic acids is 1. The largest absolute Gasteiger partial charge is 0.417 e. The first-order valence-electron chi connectivity index (χ1n) is 8.47. The smallest absolute Gasteiger partial charge is 0.325 e. The fourth-order valence-electron chi connectivity index (χ4n) is 2.44. The molecule has 1 amide bonds. The van der Waals surface area contributed by atoms with Crippen molar-refractivity contribution in [3.63, 3.8) is 0 Å². The number of thioether (sulfide) groups is 1. The molecule has 0 radical (unpaired) electrons. The van der Waals surface area contributed by atoms with Crippen molar-refractivity contribution in [2.24, 2.45) is 7.05 Å². The molecule has 0 atom stereocenters. The highest BCUT2D eigenvalue weighted by Gasteiger charge is 2.31. The van der Waals surface area contributed by atoms with Crippen molar-refractivity contribution in [2.75, 3.05) is 11.1 Å². The predicted molar refractivity (Wildman–Crippen MR) is 107 cm³/mol. The lowest BCUT2D eigenvalue weighted by atomic mass is 10.3. The molecule has 0 fully saturated rings. The second-order valence-corrected chi connectivity index (χ2v) is 7.56. The van der Waals surface area contributed by atoms with Crippen LogP contribution in [-0.2, 0) is 24.6 Å². The number of nitrogens with one attached hydrogen (secondary N) is 1. The van der Waals surface area contributed by atoms with E-state index in [4.69, 9.17) is 11.6 Å². The Morgan fingerprint density at radius 3 is 2.53 bits per heavy atom. The van der Waals surface area contributed by atoms with Gasteiger partial charge in [0.15, 0.2) is 11.0 Å². The number of alkyl halides is 3. The van der Waals surface area contributed by atoms with Crippen LogP contribution in [0.15, 0.2) is 52.5 Å². The minimum Gasteiger partial charge on any atom is -0.325 e. The monoisotopic (exact) mass is 457 g/mol. The van der Waals surface area contributed by atoms with Gasteiger partial charge in [0, 0.05) is 30.0 Å². The summed E-state index contributed by atoms with van der Waals surface area (Å²) in [5.74, 6) is 0.0379. The number of carbonyl (C=O) groups is 1. The van der Waals surface area contributed by atoms with E-state index in [9.17, 15) is 22.8 Å². The molecule has 2 aromatic heterocycles. The number of hydrogen-bond acceptors (Lipinski definition) is 5. The van der Waals surface area contributed by atoms with Gasteiger partial charge in [-0.15, -0.1) is 10.2 Å². The van der Waals surface area contributed by atoms with Crippen LogP contribution in [0, 0.1) is 0 Å². The molecule has 12 heteroatoms. The number of anilines is 1. The van der Waals surface area contributed by atoms with E-state index in [1.165, 1.54) is 4.57 Å². The minimum atomic E-state index is -4.56. The second-order valence-electron chi connectivity index (χ2n) is 6.18. The van der Waals surface area contributed by atoms with Crippen LogP contribution in [0.25, 0.3) is 0 Å². The van der Waals surface area contributed by atoms with Crippen LogP contribution in [0.4, 0.5) is 18.9 Å². The van der Waals surface area contributed by atoms with Gasteiger partial charge >= 0.3 is 6.18 Å². The zero-order valence-corrected chi connectivity index (χ0v) is 17.1. The summed E-state index contributed by atoms with van der Waals surface area (Å²) in [6.07, 6.45) is -3.82. The van der Waals surface area contributed by atoms with Crippen LogP contribution >= 0.6 is 23.4 Å². The number of halogens is 4. The Morgan fingerprint density at radius 2 is 1.87 bits per heavy atom. The number of hydrogen-bond donors (Lipinski definition) is 1. The molecule has 0 aliphatic heterocycles. The van der Waals surface area contributed by atoms with E-state index >= 15 is 0 Å². The summed E-state index contributed by atoms with van der Waals surface area (Å²) >= 11 is 6.90. The molecule has 0 unspecified atom stereocenters. The van der Waals surface area contributed by atoms with E-state index in [0.29, 0.717) is 15.9 Å². The first-order chi connectivity index (χ1) is 14.1. The van der Waals surface area contributed by atoms with Gasteiger partial charge in [0.05, 0.1) is 17.9 Å². The Morgan fingerprint density at radius 1 is 1.17 bits per heavy atom. The molecule has 0 bridgehead atoms. The number of aromatic nitrogens is 4. The molecular weight excluding hydrogens is 443 g/mol. The van der Waals surface area contributed by atoms with Crippen LogP contribution < -0.4 is 10.9 Å². The van der Waals surface area contributed by atoms with E-state index < -0.39 is 17.3 Å². The second kappa shape index (κ2) is 8.92. The van der Waals surface area contributed by atoms with Gasteiger partial charge < -0.3 is 14.5 Å². The molecule has 1 aromatic carbocycles. The number of rotatable bonds is 6. The van der Waals surface area contributed by atoms with Crippen LogP contribution in [0.2, 0.25) is 5.02 Å². The Labute approximate surface area is 177 Å². The van der Waals surface area contributed by atoms with Gasteiger partial charge in [-0.05, 0) is 30.3 Å². The van der Waals surface area contributed by atoms with Crippen molar-refractivity contribution in [2.45, 2.75) is 17.9 Å². The topological polar surface area (TPSA) is 81.8 Å². The van der Waals surface area contributed by atoms with Crippen molar-refractivity contribution in [1.29, 1.82) is 0 Å². The van der Waals surface area contributed by atoms with Crippen molar-refractivity contribution >= 4 is 35.0 Å². The molecule has 0 saturated heterocycles. The van der Waals surface area contributed by atoms with E-state index in [1.54, 1.807) is 31.3 Å². The first-order valence-corrected chi connectivity index (χ1v) is 9.84. The molecule has 2 heterocycles. The molecule has 0 aliphatic carbocycles. The maximum absolute atomic E-state index is 12.9. The summed E-state index contributed by atoms with van der Waals surface area (Å²) in [5.41, 5.74) is -0.937. The molecule has 1 N–H and O–H groups in total. The minimum absolute atomic E-state index is 0.0398. The highest BCUT2D eigenvalue weighted by Crippen LogP contribution is 2.28. The summed E-state index contributed by atoms with van der Waals surface area (Å²) in [6, 6.07) is 8.21. The zero-order valence-electron chi connectivity index (χ0n) is 15.5. The zero-order chi connectivity index (χ0) is 21.9. The Hall–Kier alpha value is -2.79. The molecule has 7 nitrogen and oxygen atoms in total. The first kappa shape index (κ1) is 21.9. The van der Waals surface area contributed by atoms with Gasteiger partial charge in [0.2, 0.25) is 5.91 Å². The van der Waals surface area contributed by atoms with Crippen molar-refractivity contribution in [3.05, 3.63) is 69.4 Å². The normalized spacial score (nSPS) is 11.5. The maximum atomic E-state index is 12.9.